The molecular weight excluding hydrogens is 538 g/mol. The molecule has 0 radical (unpaired) electrons. The van der Waals surface area contributed by atoms with Crippen LogP contribution in [-0.4, -0.2) is 53.7 Å². The number of piperidine rings is 1. The van der Waals surface area contributed by atoms with Crippen LogP contribution in [0.1, 0.15) is 41.6 Å². The smallest absolute Gasteiger partial charge is 0.255 e. The molecule has 3 N–H and O–H groups in total. The standard InChI is InChI=1S/C32H30F2N6O2/c1-16-29(37-40-15-20(11-22(33)30(16)40)32(42)39-14-19-8-10-24(39)28(19)35)25-12-18-7-9-23(21-3-2-4-26(41)27(21)34)36-31(18)38(25)13-17-5-6-17/h2-4,7,9,11-12,15,17,19,24,28,41H,5-6,8,10,13-14,35H2,1H3/t19?,24?,28-/m1/s1. The molecule has 10 heteroatoms. The highest BCUT2D eigenvalue weighted by atomic mass is 19.1. The summed E-state index contributed by atoms with van der Waals surface area (Å²) in [7, 11) is 0. The molecule has 5 heterocycles. The van der Waals surface area contributed by atoms with Gasteiger partial charge in [0.1, 0.15) is 22.7 Å². The van der Waals surface area contributed by atoms with Crippen molar-refractivity contribution in [2.24, 2.45) is 17.6 Å². The zero-order valence-corrected chi connectivity index (χ0v) is 23.1. The summed E-state index contributed by atoms with van der Waals surface area (Å²) in [5.41, 5.74) is 10.2. The molecule has 3 aliphatic rings. The zero-order valence-electron chi connectivity index (χ0n) is 23.1. The summed E-state index contributed by atoms with van der Waals surface area (Å²) in [5, 5.41) is 15.6. The van der Waals surface area contributed by atoms with Crippen molar-refractivity contribution in [2.45, 2.75) is 51.2 Å². The molecule has 2 saturated carbocycles. The fourth-order valence-corrected chi connectivity index (χ4v) is 7.02. The van der Waals surface area contributed by atoms with Gasteiger partial charge in [-0.1, -0.05) is 6.07 Å². The summed E-state index contributed by atoms with van der Waals surface area (Å²) in [6, 6.07) is 11.4. The highest BCUT2D eigenvalue weighted by molar-refractivity contribution is 5.95. The lowest BCUT2D eigenvalue weighted by molar-refractivity contribution is 0.0699. The minimum absolute atomic E-state index is 0.0000243. The third-order valence-electron chi connectivity index (χ3n) is 9.46. The Morgan fingerprint density at radius 3 is 2.69 bits per heavy atom. The van der Waals surface area contributed by atoms with Crippen LogP contribution in [0.5, 0.6) is 5.75 Å². The van der Waals surface area contributed by atoms with Crippen molar-refractivity contribution in [3.63, 3.8) is 0 Å². The Labute approximate surface area is 240 Å². The Hall–Kier alpha value is -4.31. The largest absolute Gasteiger partial charge is 0.505 e. The number of aryl methyl sites for hydroxylation is 1. The number of hydrogen-bond donors (Lipinski definition) is 2. The summed E-state index contributed by atoms with van der Waals surface area (Å²) in [5.74, 6) is -1.07. The maximum absolute atomic E-state index is 15.7. The molecule has 2 bridgehead atoms. The Bertz CT molecular complexity index is 1930. The number of nitrogens with zero attached hydrogens (tertiary/aromatic N) is 5. The van der Waals surface area contributed by atoms with E-state index in [1.165, 1.54) is 16.6 Å². The van der Waals surface area contributed by atoms with Gasteiger partial charge in [0.05, 0.1) is 17.0 Å². The molecule has 8 nitrogen and oxygen atoms in total. The Kier molecular flexibility index (Phi) is 5.50. The number of hydrogen-bond acceptors (Lipinski definition) is 5. The number of aromatic nitrogens is 4. The summed E-state index contributed by atoms with van der Waals surface area (Å²) >= 11 is 0. The molecule has 2 unspecified atom stereocenters. The highest BCUT2D eigenvalue weighted by Crippen LogP contribution is 2.39. The van der Waals surface area contributed by atoms with Crippen molar-refractivity contribution in [3.05, 3.63) is 71.4 Å². The third-order valence-corrected chi connectivity index (χ3v) is 9.46. The fourth-order valence-electron chi connectivity index (χ4n) is 7.02. The lowest BCUT2D eigenvalue weighted by Crippen LogP contribution is -2.41. The lowest BCUT2D eigenvalue weighted by Gasteiger charge is -2.27. The molecule has 3 fully saturated rings. The summed E-state index contributed by atoms with van der Waals surface area (Å²) < 4.78 is 34.0. The maximum Gasteiger partial charge on any atom is 0.255 e. The van der Waals surface area contributed by atoms with Gasteiger partial charge < -0.3 is 20.3 Å². The molecule has 1 saturated heterocycles. The second kappa shape index (κ2) is 9.09. The number of carbonyl (C=O) groups is 1. The van der Waals surface area contributed by atoms with Crippen LogP contribution in [0.4, 0.5) is 8.78 Å². The number of amides is 1. The quantitative estimate of drug-likeness (QED) is 0.300. The van der Waals surface area contributed by atoms with Crippen LogP contribution >= 0.6 is 0 Å². The number of nitrogens with two attached hydrogens (primary N) is 1. The number of phenolic OH excluding ortho intramolecular Hbond substituents is 1. The Balaban J connectivity index is 1.24. The van der Waals surface area contributed by atoms with Crippen LogP contribution in [0.15, 0.2) is 48.7 Å². The van der Waals surface area contributed by atoms with Crippen molar-refractivity contribution < 1.29 is 18.7 Å². The van der Waals surface area contributed by atoms with Gasteiger partial charge in [0.2, 0.25) is 0 Å². The molecule has 42 heavy (non-hydrogen) atoms. The first kappa shape index (κ1) is 25.4. The van der Waals surface area contributed by atoms with Gasteiger partial charge in [-0.25, -0.2) is 18.3 Å². The van der Waals surface area contributed by atoms with E-state index in [0.29, 0.717) is 53.0 Å². The third kappa shape index (κ3) is 3.77. The highest BCUT2D eigenvalue weighted by Gasteiger charge is 2.47. The van der Waals surface area contributed by atoms with E-state index in [1.807, 2.05) is 19.1 Å². The number of fused-ring (bicyclic) bond motifs is 4. The lowest BCUT2D eigenvalue weighted by atomic mass is 10.1. The van der Waals surface area contributed by atoms with E-state index in [4.69, 9.17) is 15.8 Å². The molecule has 5 aromatic rings. The van der Waals surface area contributed by atoms with E-state index in [2.05, 4.69) is 4.57 Å². The molecule has 214 valence electrons. The number of rotatable bonds is 5. The fraction of sp³-hybridized carbons (Fsp3) is 0.344. The second-order valence-electron chi connectivity index (χ2n) is 12.1. The Morgan fingerprint density at radius 1 is 1.12 bits per heavy atom. The number of pyridine rings is 2. The van der Waals surface area contributed by atoms with Crippen LogP contribution in [0, 0.1) is 30.4 Å². The van der Waals surface area contributed by atoms with Crippen LogP contribution in [0.3, 0.4) is 0 Å². The van der Waals surface area contributed by atoms with E-state index < -0.39 is 17.4 Å². The van der Waals surface area contributed by atoms with Gasteiger partial charge in [0.15, 0.2) is 11.6 Å². The van der Waals surface area contributed by atoms with Crippen LogP contribution in [-0.2, 0) is 6.54 Å². The van der Waals surface area contributed by atoms with E-state index in [-0.39, 0.29) is 29.1 Å². The van der Waals surface area contributed by atoms with Crippen LogP contribution < -0.4 is 5.73 Å². The number of benzene rings is 1. The molecule has 1 aliphatic heterocycles. The Morgan fingerprint density at radius 2 is 1.95 bits per heavy atom. The minimum atomic E-state index is -0.717. The molecule has 0 spiro atoms. The van der Waals surface area contributed by atoms with Crippen LogP contribution in [0.25, 0.3) is 39.2 Å². The monoisotopic (exact) mass is 568 g/mol. The molecule has 8 rings (SSSR count). The normalized spacial score (nSPS) is 21.7. The van der Waals surface area contributed by atoms with Crippen LogP contribution in [0.2, 0.25) is 0 Å². The summed E-state index contributed by atoms with van der Waals surface area (Å²) in [6.07, 6.45) is 5.73. The first-order chi connectivity index (χ1) is 20.3. The van der Waals surface area contributed by atoms with Gasteiger partial charge in [-0.05, 0) is 80.8 Å². The van der Waals surface area contributed by atoms with Crippen molar-refractivity contribution in [2.75, 3.05) is 6.54 Å². The number of carbonyl (C=O) groups excluding carboxylic acids is 1. The van der Waals surface area contributed by atoms with Crippen molar-refractivity contribution in [1.82, 2.24) is 24.1 Å². The minimum Gasteiger partial charge on any atom is -0.505 e. The van der Waals surface area contributed by atoms with Gasteiger partial charge in [-0.2, -0.15) is 5.10 Å². The number of likely N-dealkylation sites (tertiary alicyclic amines) is 1. The van der Waals surface area contributed by atoms with Gasteiger partial charge in [0.25, 0.3) is 5.91 Å². The first-order valence-corrected chi connectivity index (χ1v) is 14.5. The zero-order chi connectivity index (χ0) is 28.9. The first-order valence-electron chi connectivity index (χ1n) is 14.5. The van der Waals surface area contributed by atoms with E-state index in [9.17, 15) is 14.3 Å². The molecule has 1 aromatic carbocycles. The SMILES string of the molecule is Cc1c(-c2cc3ccc(-c4cccc(O)c4F)nc3n2CC2CC2)nn2cc(C(=O)N3CC4CCC3[C@@H]4N)cc(F)c12. The average molecular weight is 569 g/mol. The molecule has 1 amide bonds. The van der Waals surface area contributed by atoms with Gasteiger partial charge in [0, 0.05) is 47.9 Å². The van der Waals surface area contributed by atoms with Crippen molar-refractivity contribution in [1.29, 1.82) is 0 Å². The predicted octanol–water partition coefficient (Wildman–Crippen LogP) is 5.28. The van der Waals surface area contributed by atoms with E-state index in [0.717, 1.165) is 36.8 Å². The number of phenols is 1. The average Bonchev–Trinajstić information content (AvgIpc) is 3.38. The van der Waals surface area contributed by atoms with E-state index >= 15 is 4.39 Å². The van der Waals surface area contributed by atoms with Gasteiger partial charge >= 0.3 is 0 Å². The molecule has 4 aromatic heterocycles. The predicted molar refractivity (Wildman–Crippen MR) is 154 cm³/mol. The topological polar surface area (TPSA) is 102 Å². The van der Waals surface area contributed by atoms with Gasteiger partial charge in [-0.3, -0.25) is 4.79 Å². The second-order valence-corrected chi connectivity index (χ2v) is 12.1. The number of halogens is 2. The van der Waals surface area contributed by atoms with Crippen molar-refractivity contribution >= 4 is 22.5 Å². The van der Waals surface area contributed by atoms with Gasteiger partial charge in [-0.15, -0.1) is 0 Å². The summed E-state index contributed by atoms with van der Waals surface area (Å²) in [6.45, 7) is 3.15. The number of aromatic hydroxyl groups is 1. The molecular formula is C32H30F2N6O2. The molecule has 2 aliphatic carbocycles. The summed E-state index contributed by atoms with van der Waals surface area (Å²) in [4.78, 5) is 20.1. The molecule has 3 atom stereocenters. The van der Waals surface area contributed by atoms with E-state index in [1.54, 1.807) is 29.3 Å². The maximum atomic E-state index is 15.7. The van der Waals surface area contributed by atoms with Crippen molar-refractivity contribution in [3.8, 4) is 28.4 Å².